The average molecular weight is 274 g/mol. The Kier molecular flexibility index (Phi) is 3.54. The molecule has 2 amide bonds. The van der Waals surface area contributed by atoms with Gasteiger partial charge in [-0.05, 0) is 17.5 Å². The molecule has 0 spiro atoms. The minimum atomic E-state index is -0.308. The standard InChI is InChI=1S/C15H18N2O3/c1-17-14(18)7-6-12(15(17)19)16-13-9-20-8-10-4-2-3-5-11(10)13/h2-5,12-13,16H,6-9H2,1H3. The lowest BCUT2D eigenvalue weighted by Crippen LogP contribution is -2.53. The molecular weight excluding hydrogens is 256 g/mol. The number of piperidine rings is 1. The molecule has 1 N–H and O–H groups in total. The maximum Gasteiger partial charge on any atom is 0.246 e. The number of nitrogens with one attached hydrogen (secondary N) is 1. The summed E-state index contributed by atoms with van der Waals surface area (Å²) in [4.78, 5) is 24.8. The summed E-state index contributed by atoms with van der Waals surface area (Å²) >= 11 is 0. The Bertz CT molecular complexity index is 544. The number of hydrogen-bond acceptors (Lipinski definition) is 4. The highest BCUT2D eigenvalue weighted by molar-refractivity contribution is 6.00. The van der Waals surface area contributed by atoms with Gasteiger partial charge in [0.1, 0.15) is 0 Å². The van der Waals surface area contributed by atoms with E-state index >= 15 is 0 Å². The highest BCUT2D eigenvalue weighted by atomic mass is 16.5. The van der Waals surface area contributed by atoms with E-state index < -0.39 is 0 Å². The van der Waals surface area contributed by atoms with Gasteiger partial charge in [-0.1, -0.05) is 24.3 Å². The van der Waals surface area contributed by atoms with Crippen molar-refractivity contribution < 1.29 is 14.3 Å². The van der Waals surface area contributed by atoms with E-state index in [1.54, 1.807) is 7.05 Å². The quantitative estimate of drug-likeness (QED) is 0.817. The number of benzene rings is 1. The predicted molar refractivity (Wildman–Crippen MR) is 72.8 cm³/mol. The first kappa shape index (κ1) is 13.3. The summed E-state index contributed by atoms with van der Waals surface area (Å²) < 4.78 is 5.58. The average Bonchev–Trinajstić information content (AvgIpc) is 2.48. The van der Waals surface area contributed by atoms with Crippen LogP contribution in [0, 0.1) is 0 Å². The second-order valence-electron chi connectivity index (χ2n) is 5.32. The molecule has 106 valence electrons. The molecule has 5 heteroatoms. The van der Waals surface area contributed by atoms with Crippen LogP contribution in [-0.4, -0.2) is 36.4 Å². The third-order valence-corrected chi connectivity index (χ3v) is 4.02. The lowest BCUT2D eigenvalue weighted by Gasteiger charge is -2.33. The molecule has 20 heavy (non-hydrogen) atoms. The second-order valence-corrected chi connectivity index (χ2v) is 5.32. The molecule has 3 rings (SSSR count). The normalized spacial score (nSPS) is 26.6. The fourth-order valence-corrected chi connectivity index (χ4v) is 2.83. The first-order valence-electron chi connectivity index (χ1n) is 6.89. The minimum Gasteiger partial charge on any atom is -0.375 e. The van der Waals surface area contributed by atoms with Crippen LogP contribution in [0.25, 0.3) is 0 Å². The number of carbonyl (C=O) groups is 2. The Balaban J connectivity index is 1.76. The molecule has 2 heterocycles. The zero-order valence-electron chi connectivity index (χ0n) is 11.5. The molecule has 1 aromatic rings. The lowest BCUT2D eigenvalue weighted by atomic mass is 9.96. The number of nitrogens with zero attached hydrogens (tertiary/aromatic N) is 1. The third kappa shape index (κ3) is 2.34. The van der Waals surface area contributed by atoms with Gasteiger partial charge in [0.25, 0.3) is 0 Å². The van der Waals surface area contributed by atoms with E-state index in [1.165, 1.54) is 10.5 Å². The van der Waals surface area contributed by atoms with Crippen molar-refractivity contribution in [3.8, 4) is 0 Å². The number of rotatable bonds is 2. The Labute approximate surface area is 117 Å². The molecule has 1 aromatic carbocycles. The largest absolute Gasteiger partial charge is 0.375 e. The van der Waals surface area contributed by atoms with Crippen molar-refractivity contribution in [1.29, 1.82) is 0 Å². The number of amides is 2. The van der Waals surface area contributed by atoms with Crippen LogP contribution in [0.2, 0.25) is 0 Å². The number of likely N-dealkylation sites (N-methyl/N-ethyl adjacent to an activating group) is 1. The molecule has 2 aliphatic heterocycles. The molecule has 0 aliphatic carbocycles. The smallest absolute Gasteiger partial charge is 0.246 e. The van der Waals surface area contributed by atoms with Crippen LogP contribution in [0.15, 0.2) is 24.3 Å². The van der Waals surface area contributed by atoms with Crippen molar-refractivity contribution in [2.75, 3.05) is 13.7 Å². The van der Waals surface area contributed by atoms with Crippen LogP contribution in [0.4, 0.5) is 0 Å². The van der Waals surface area contributed by atoms with E-state index in [1.807, 2.05) is 18.2 Å². The summed E-state index contributed by atoms with van der Waals surface area (Å²) in [7, 11) is 1.55. The Hall–Kier alpha value is -1.72. The van der Waals surface area contributed by atoms with Crippen molar-refractivity contribution in [3.63, 3.8) is 0 Å². The number of hydrogen-bond donors (Lipinski definition) is 1. The topological polar surface area (TPSA) is 58.6 Å². The maximum atomic E-state index is 12.1. The van der Waals surface area contributed by atoms with Gasteiger partial charge in [0, 0.05) is 13.5 Å². The van der Waals surface area contributed by atoms with Crippen molar-refractivity contribution in [2.45, 2.75) is 31.5 Å². The van der Waals surface area contributed by atoms with E-state index in [0.29, 0.717) is 26.1 Å². The molecule has 5 nitrogen and oxygen atoms in total. The summed E-state index contributed by atoms with van der Waals surface area (Å²) in [5.74, 6) is -0.252. The molecule has 0 saturated carbocycles. The third-order valence-electron chi connectivity index (χ3n) is 4.02. The SMILES string of the molecule is CN1C(=O)CCC(NC2COCc3ccccc32)C1=O. The van der Waals surface area contributed by atoms with Gasteiger partial charge >= 0.3 is 0 Å². The van der Waals surface area contributed by atoms with Gasteiger partial charge in [0.2, 0.25) is 11.8 Å². The predicted octanol–water partition coefficient (Wildman–Crippen LogP) is 0.995. The molecular formula is C15H18N2O3. The van der Waals surface area contributed by atoms with Crippen molar-refractivity contribution in [3.05, 3.63) is 35.4 Å². The van der Waals surface area contributed by atoms with E-state index in [-0.39, 0.29) is 23.9 Å². The van der Waals surface area contributed by atoms with Crippen molar-refractivity contribution in [2.24, 2.45) is 0 Å². The summed E-state index contributed by atoms with van der Waals surface area (Å²) in [5, 5.41) is 3.35. The molecule has 1 saturated heterocycles. The fraction of sp³-hybridized carbons (Fsp3) is 0.467. The number of fused-ring (bicyclic) bond motifs is 1. The minimum absolute atomic E-state index is 0.00972. The maximum absolute atomic E-state index is 12.1. The summed E-state index contributed by atoms with van der Waals surface area (Å²) in [6.45, 7) is 1.17. The number of imide groups is 1. The lowest BCUT2D eigenvalue weighted by molar-refractivity contribution is -0.148. The van der Waals surface area contributed by atoms with Gasteiger partial charge in [-0.15, -0.1) is 0 Å². The van der Waals surface area contributed by atoms with Gasteiger partial charge in [0.15, 0.2) is 0 Å². The van der Waals surface area contributed by atoms with Crippen LogP contribution >= 0.6 is 0 Å². The molecule has 2 aliphatic rings. The van der Waals surface area contributed by atoms with Gasteiger partial charge in [-0.25, -0.2) is 0 Å². The van der Waals surface area contributed by atoms with Gasteiger partial charge in [0.05, 0.1) is 25.3 Å². The van der Waals surface area contributed by atoms with E-state index in [4.69, 9.17) is 4.74 Å². The van der Waals surface area contributed by atoms with Crippen molar-refractivity contribution >= 4 is 11.8 Å². The fourth-order valence-electron chi connectivity index (χ4n) is 2.83. The summed E-state index contributed by atoms with van der Waals surface area (Å²) in [6.07, 6.45) is 0.968. The Morgan fingerprint density at radius 3 is 2.90 bits per heavy atom. The van der Waals surface area contributed by atoms with Crippen LogP contribution in [0.1, 0.15) is 30.0 Å². The first-order chi connectivity index (χ1) is 9.66. The van der Waals surface area contributed by atoms with E-state index in [0.717, 1.165) is 5.56 Å². The molecule has 0 bridgehead atoms. The highest BCUT2D eigenvalue weighted by Gasteiger charge is 2.34. The first-order valence-corrected chi connectivity index (χ1v) is 6.89. The zero-order chi connectivity index (χ0) is 14.1. The van der Waals surface area contributed by atoms with Crippen LogP contribution in [-0.2, 0) is 20.9 Å². The molecule has 2 atom stereocenters. The molecule has 2 unspecified atom stereocenters. The van der Waals surface area contributed by atoms with Gasteiger partial charge in [-0.3, -0.25) is 19.8 Å². The van der Waals surface area contributed by atoms with Crippen LogP contribution in [0.3, 0.4) is 0 Å². The molecule has 0 aromatic heterocycles. The Morgan fingerprint density at radius 1 is 1.25 bits per heavy atom. The molecule has 1 fully saturated rings. The number of likely N-dealkylation sites (tertiary alicyclic amines) is 1. The highest BCUT2D eigenvalue weighted by Crippen LogP contribution is 2.26. The van der Waals surface area contributed by atoms with Crippen molar-refractivity contribution in [1.82, 2.24) is 10.2 Å². The summed E-state index contributed by atoms with van der Waals surface area (Å²) in [5.41, 5.74) is 2.34. The van der Waals surface area contributed by atoms with Crippen LogP contribution < -0.4 is 5.32 Å². The van der Waals surface area contributed by atoms with Crippen LogP contribution in [0.5, 0.6) is 0 Å². The van der Waals surface area contributed by atoms with Gasteiger partial charge < -0.3 is 4.74 Å². The Morgan fingerprint density at radius 2 is 2.05 bits per heavy atom. The van der Waals surface area contributed by atoms with E-state index in [2.05, 4.69) is 11.4 Å². The summed E-state index contributed by atoms with van der Waals surface area (Å²) in [6, 6.07) is 7.80. The zero-order valence-corrected chi connectivity index (χ0v) is 11.5. The number of carbonyl (C=O) groups excluding carboxylic acids is 2. The monoisotopic (exact) mass is 274 g/mol. The second kappa shape index (κ2) is 5.34. The van der Waals surface area contributed by atoms with Gasteiger partial charge in [-0.2, -0.15) is 0 Å². The number of ether oxygens (including phenoxy) is 1. The van der Waals surface area contributed by atoms with E-state index in [9.17, 15) is 9.59 Å². The molecule has 0 radical (unpaired) electrons.